The van der Waals surface area contributed by atoms with Crippen LogP contribution in [0.5, 0.6) is 0 Å². The molecule has 25 heavy (non-hydrogen) atoms. The molecule has 1 aromatic carbocycles. The number of carbonyl (C=O) groups excluding carboxylic acids is 1. The summed E-state index contributed by atoms with van der Waals surface area (Å²) in [5.41, 5.74) is 1.39. The van der Waals surface area contributed by atoms with Gasteiger partial charge in [-0.05, 0) is 30.9 Å². The lowest BCUT2D eigenvalue weighted by atomic mass is 10.0. The van der Waals surface area contributed by atoms with Gasteiger partial charge in [-0.3, -0.25) is 0 Å². The molecule has 0 saturated carbocycles. The van der Waals surface area contributed by atoms with Gasteiger partial charge in [0.05, 0.1) is 18.8 Å². The predicted molar refractivity (Wildman–Crippen MR) is 105 cm³/mol. The van der Waals surface area contributed by atoms with Crippen molar-refractivity contribution in [2.75, 3.05) is 13.2 Å². The minimum absolute atomic E-state index is 0.284. The highest BCUT2D eigenvalue weighted by molar-refractivity contribution is 5.90. The summed E-state index contributed by atoms with van der Waals surface area (Å²) in [4.78, 5) is 12.0. The molecule has 0 N–H and O–H groups in total. The fraction of sp³-hybridized carbons (Fsp3) is 0.591. The third kappa shape index (κ3) is 9.33. The third-order valence-corrected chi connectivity index (χ3v) is 4.10. The van der Waals surface area contributed by atoms with Crippen LogP contribution in [-0.2, 0) is 9.47 Å². The number of carbonyl (C=O) groups is 1. The van der Waals surface area contributed by atoms with Crippen molar-refractivity contribution in [1.82, 2.24) is 0 Å². The minimum atomic E-state index is -0.284. The molecule has 0 aliphatic carbocycles. The number of unbranched alkanes of at least 4 members (excludes halogenated alkanes) is 4. The van der Waals surface area contributed by atoms with Crippen molar-refractivity contribution >= 4 is 11.7 Å². The van der Waals surface area contributed by atoms with Crippen molar-refractivity contribution in [2.45, 2.75) is 65.7 Å². The van der Waals surface area contributed by atoms with Gasteiger partial charge in [0.2, 0.25) is 0 Å². The molecule has 0 aromatic heterocycles. The van der Waals surface area contributed by atoms with E-state index in [2.05, 4.69) is 27.4 Å². The summed E-state index contributed by atoms with van der Waals surface area (Å²) in [6, 6.07) is 7.30. The summed E-state index contributed by atoms with van der Waals surface area (Å²) < 4.78 is 11.0. The fourth-order valence-corrected chi connectivity index (χ4v) is 2.50. The Hall–Kier alpha value is -1.77. The van der Waals surface area contributed by atoms with Gasteiger partial charge in [0.15, 0.2) is 0 Å². The van der Waals surface area contributed by atoms with Crippen LogP contribution < -0.4 is 0 Å². The molecule has 0 bridgehead atoms. The second-order valence-electron chi connectivity index (χ2n) is 6.94. The summed E-state index contributed by atoms with van der Waals surface area (Å²) in [5, 5.41) is 0. The monoisotopic (exact) mass is 346 g/mol. The molecule has 3 nitrogen and oxygen atoms in total. The van der Waals surface area contributed by atoms with E-state index in [0.717, 1.165) is 30.7 Å². The first-order valence-corrected chi connectivity index (χ1v) is 9.63. The molecule has 0 fully saturated rings. The van der Waals surface area contributed by atoms with Gasteiger partial charge in [-0.25, -0.2) is 4.79 Å². The number of benzene rings is 1. The maximum Gasteiger partial charge on any atom is 0.338 e. The molecular formula is C22H34O3. The van der Waals surface area contributed by atoms with E-state index in [0.29, 0.717) is 24.5 Å². The van der Waals surface area contributed by atoms with E-state index in [1.54, 1.807) is 12.1 Å². The van der Waals surface area contributed by atoms with Gasteiger partial charge in [0, 0.05) is 5.56 Å². The van der Waals surface area contributed by atoms with Crippen molar-refractivity contribution in [1.29, 1.82) is 0 Å². The maximum atomic E-state index is 12.0. The Morgan fingerprint density at radius 3 is 2.40 bits per heavy atom. The first-order chi connectivity index (χ1) is 12.0. The van der Waals surface area contributed by atoms with Gasteiger partial charge in [0.1, 0.15) is 5.76 Å². The summed E-state index contributed by atoms with van der Waals surface area (Å²) >= 11 is 0. The highest BCUT2D eigenvalue weighted by atomic mass is 16.5. The van der Waals surface area contributed by atoms with Crippen LogP contribution in [0.3, 0.4) is 0 Å². The number of hydrogen-bond donors (Lipinski definition) is 0. The van der Waals surface area contributed by atoms with Crippen molar-refractivity contribution in [3.63, 3.8) is 0 Å². The molecule has 0 spiro atoms. The van der Waals surface area contributed by atoms with E-state index in [-0.39, 0.29) is 5.97 Å². The molecule has 0 heterocycles. The second kappa shape index (κ2) is 12.6. The minimum Gasteiger partial charge on any atom is -0.494 e. The lowest BCUT2D eigenvalue weighted by molar-refractivity contribution is 0.0499. The van der Waals surface area contributed by atoms with Gasteiger partial charge >= 0.3 is 5.97 Å². The average Bonchev–Trinajstić information content (AvgIpc) is 2.60. The van der Waals surface area contributed by atoms with Crippen LogP contribution in [0, 0.1) is 5.92 Å². The lowest BCUT2D eigenvalue weighted by Gasteiger charge is -2.11. The lowest BCUT2D eigenvalue weighted by Crippen LogP contribution is -2.06. The molecule has 140 valence electrons. The van der Waals surface area contributed by atoms with E-state index in [9.17, 15) is 4.79 Å². The van der Waals surface area contributed by atoms with E-state index < -0.39 is 0 Å². The number of hydrogen-bond acceptors (Lipinski definition) is 3. The number of ether oxygens (including phenoxy) is 2. The van der Waals surface area contributed by atoms with Crippen molar-refractivity contribution in [3.8, 4) is 0 Å². The number of rotatable bonds is 13. The fourth-order valence-electron chi connectivity index (χ4n) is 2.50. The van der Waals surface area contributed by atoms with Gasteiger partial charge in [-0.1, -0.05) is 71.6 Å². The van der Waals surface area contributed by atoms with E-state index in [1.807, 2.05) is 12.1 Å². The Balaban J connectivity index is 2.33. The SMILES string of the molecule is C=C(OCCCCCCC(C)C)c1cccc(C(=O)OCCCC)c1. The largest absolute Gasteiger partial charge is 0.494 e. The molecule has 3 heteroatoms. The summed E-state index contributed by atoms with van der Waals surface area (Å²) in [6.07, 6.45) is 7.97. The quantitative estimate of drug-likeness (QED) is 0.241. The Labute approximate surface area is 153 Å². The zero-order valence-corrected chi connectivity index (χ0v) is 16.2. The Kier molecular flexibility index (Phi) is 10.7. The van der Waals surface area contributed by atoms with Crippen LogP contribution in [0.1, 0.15) is 81.6 Å². The smallest absolute Gasteiger partial charge is 0.338 e. The molecular weight excluding hydrogens is 312 g/mol. The zero-order chi connectivity index (χ0) is 18.5. The Morgan fingerprint density at radius 1 is 1.00 bits per heavy atom. The highest BCUT2D eigenvalue weighted by Crippen LogP contribution is 2.17. The first kappa shape index (κ1) is 21.3. The molecule has 1 rings (SSSR count). The van der Waals surface area contributed by atoms with Gasteiger partial charge < -0.3 is 9.47 Å². The predicted octanol–water partition coefficient (Wildman–Crippen LogP) is 6.24. The van der Waals surface area contributed by atoms with Crippen LogP contribution in [0.25, 0.3) is 5.76 Å². The molecule has 0 amide bonds. The van der Waals surface area contributed by atoms with Crippen molar-refractivity contribution in [2.24, 2.45) is 5.92 Å². The summed E-state index contributed by atoms with van der Waals surface area (Å²) in [6.45, 7) is 11.7. The van der Waals surface area contributed by atoms with Crippen LogP contribution in [0.2, 0.25) is 0 Å². The zero-order valence-electron chi connectivity index (χ0n) is 16.2. The molecule has 0 aliphatic rings. The van der Waals surface area contributed by atoms with Gasteiger partial charge in [0.25, 0.3) is 0 Å². The van der Waals surface area contributed by atoms with Crippen LogP contribution in [0.15, 0.2) is 30.8 Å². The topological polar surface area (TPSA) is 35.5 Å². The van der Waals surface area contributed by atoms with Crippen LogP contribution in [-0.4, -0.2) is 19.2 Å². The van der Waals surface area contributed by atoms with Gasteiger partial charge in [-0.15, -0.1) is 0 Å². The first-order valence-electron chi connectivity index (χ1n) is 9.63. The van der Waals surface area contributed by atoms with Crippen molar-refractivity contribution < 1.29 is 14.3 Å². The number of esters is 1. The maximum absolute atomic E-state index is 12.0. The molecule has 0 unspecified atom stereocenters. The van der Waals surface area contributed by atoms with Crippen molar-refractivity contribution in [3.05, 3.63) is 42.0 Å². The Morgan fingerprint density at radius 2 is 1.68 bits per heavy atom. The average molecular weight is 347 g/mol. The normalized spacial score (nSPS) is 10.7. The molecule has 0 radical (unpaired) electrons. The highest BCUT2D eigenvalue weighted by Gasteiger charge is 2.09. The standard InChI is InChI=1S/C22H34O3/c1-5-6-15-25-22(23)21-14-11-13-20(17-21)19(4)24-16-10-8-7-9-12-18(2)3/h11,13-14,17-18H,4-10,12,15-16H2,1-3H3. The van der Waals surface area contributed by atoms with Crippen LogP contribution >= 0.6 is 0 Å². The van der Waals surface area contributed by atoms with Gasteiger partial charge in [-0.2, -0.15) is 0 Å². The van der Waals surface area contributed by atoms with E-state index in [4.69, 9.17) is 9.47 Å². The second-order valence-corrected chi connectivity index (χ2v) is 6.94. The molecule has 1 aromatic rings. The van der Waals surface area contributed by atoms with Crippen LogP contribution in [0.4, 0.5) is 0 Å². The third-order valence-electron chi connectivity index (χ3n) is 4.10. The summed E-state index contributed by atoms with van der Waals surface area (Å²) in [7, 11) is 0. The molecule has 0 saturated heterocycles. The Bertz CT molecular complexity index is 520. The molecule has 0 aliphatic heterocycles. The molecule has 0 atom stereocenters. The van der Waals surface area contributed by atoms with E-state index >= 15 is 0 Å². The van der Waals surface area contributed by atoms with E-state index in [1.165, 1.54) is 25.7 Å². The summed E-state index contributed by atoms with van der Waals surface area (Å²) in [5.74, 6) is 1.12.